The minimum atomic E-state index is 0.457. The van der Waals surface area contributed by atoms with Gasteiger partial charge in [-0.1, -0.05) is 0 Å². The number of unbranched alkanes of at least 4 members (excludes halogenated alkanes) is 2. The van der Waals surface area contributed by atoms with Crippen LogP contribution in [-0.2, 0) is 4.74 Å². The van der Waals surface area contributed by atoms with Crippen molar-refractivity contribution in [1.29, 1.82) is 0 Å². The molecule has 4 heteroatoms. The first-order chi connectivity index (χ1) is 7.74. The number of methoxy groups -OCH3 is 1. The van der Waals surface area contributed by atoms with E-state index in [4.69, 9.17) is 4.74 Å². The molecule has 0 aliphatic heterocycles. The molecule has 1 aromatic rings. The molecular weight excluding hydrogens is 286 g/mol. The smallest absolute Gasteiger partial charge is 0.0462 e. The maximum Gasteiger partial charge on any atom is 0.0462 e. The molecule has 1 heterocycles. The summed E-state index contributed by atoms with van der Waals surface area (Å²) in [5, 5.41) is 5.67. The Bertz CT molecular complexity index is 290. The van der Waals surface area contributed by atoms with Crippen LogP contribution < -0.4 is 5.32 Å². The molecule has 0 aliphatic carbocycles. The third kappa shape index (κ3) is 5.43. The largest absolute Gasteiger partial charge is 0.385 e. The topological polar surface area (TPSA) is 21.3 Å². The van der Waals surface area contributed by atoms with Crippen molar-refractivity contribution < 1.29 is 4.74 Å². The van der Waals surface area contributed by atoms with E-state index >= 15 is 0 Å². The van der Waals surface area contributed by atoms with Crippen LogP contribution in [0, 0.1) is 0 Å². The van der Waals surface area contributed by atoms with Gasteiger partial charge in [0.1, 0.15) is 0 Å². The van der Waals surface area contributed by atoms with Gasteiger partial charge in [0.15, 0.2) is 0 Å². The molecule has 0 spiro atoms. The maximum atomic E-state index is 5.02. The van der Waals surface area contributed by atoms with Crippen LogP contribution >= 0.6 is 27.3 Å². The highest BCUT2D eigenvalue weighted by molar-refractivity contribution is 9.10. The zero-order chi connectivity index (χ0) is 11.8. The lowest BCUT2D eigenvalue weighted by Crippen LogP contribution is -2.19. The molecule has 0 aliphatic rings. The van der Waals surface area contributed by atoms with Crippen LogP contribution in [-0.4, -0.2) is 20.3 Å². The van der Waals surface area contributed by atoms with Gasteiger partial charge in [-0.05, 0) is 54.7 Å². The van der Waals surface area contributed by atoms with Crippen molar-refractivity contribution in [2.45, 2.75) is 32.2 Å². The fourth-order valence-electron chi connectivity index (χ4n) is 1.52. The number of nitrogens with one attached hydrogen (secondary N) is 1. The molecule has 0 radical (unpaired) electrons. The highest BCUT2D eigenvalue weighted by Gasteiger charge is 2.06. The van der Waals surface area contributed by atoms with Gasteiger partial charge < -0.3 is 10.1 Å². The van der Waals surface area contributed by atoms with Gasteiger partial charge in [-0.25, -0.2) is 0 Å². The summed E-state index contributed by atoms with van der Waals surface area (Å²) in [7, 11) is 1.76. The molecule has 0 saturated heterocycles. The average Bonchev–Trinajstić information content (AvgIpc) is 2.70. The third-order valence-corrected chi connectivity index (χ3v) is 4.37. The molecule has 1 rings (SSSR count). The molecule has 2 nitrogen and oxygen atoms in total. The number of hydrogen-bond acceptors (Lipinski definition) is 3. The Morgan fingerprint density at radius 3 is 2.88 bits per heavy atom. The fraction of sp³-hybridized carbons (Fsp3) is 0.667. The lowest BCUT2D eigenvalue weighted by atomic mass is 10.2. The molecule has 0 saturated carbocycles. The zero-order valence-corrected chi connectivity index (χ0v) is 12.4. The second-order valence-electron chi connectivity index (χ2n) is 3.90. The van der Waals surface area contributed by atoms with Crippen LogP contribution in [0.3, 0.4) is 0 Å². The van der Waals surface area contributed by atoms with Crippen molar-refractivity contribution in [3.05, 3.63) is 20.8 Å². The van der Waals surface area contributed by atoms with E-state index in [-0.39, 0.29) is 0 Å². The highest BCUT2D eigenvalue weighted by Crippen LogP contribution is 2.25. The Morgan fingerprint density at radius 1 is 1.44 bits per heavy atom. The summed E-state index contributed by atoms with van der Waals surface area (Å²) in [6, 6.07) is 2.64. The van der Waals surface area contributed by atoms with Crippen LogP contribution in [0.25, 0.3) is 0 Å². The molecule has 0 bridgehead atoms. The Labute approximate surface area is 111 Å². The van der Waals surface area contributed by atoms with Gasteiger partial charge in [0.2, 0.25) is 0 Å². The second-order valence-corrected chi connectivity index (χ2v) is 5.76. The van der Waals surface area contributed by atoms with E-state index in [2.05, 4.69) is 39.6 Å². The molecular formula is C12H20BrNOS. The molecule has 16 heavy (non-hydrogen) atoms. The number of hydrogen-bond donors (Lipinski definition) is 1. The normalized spacial score (nSPS) is 12.9. The first-order valence-corrected chi connectivity index (χ1v) is 7.37. The second kappa shape index (κ2) is 8.23. The average molecular weight is 306 g/mol. The summed E-state index contributed by atoms with van der Waals surface area (Å²) in [5.41, 5.74) is 0. The lowest BCUT2D eigenvalue weighted by molar-refractivity contribution is 0.192. The van der Waals surface area contributed by atoms with Crippen LogP contribution in [0.1, 0.15) is 37.1 Å². The molecule has 0 aromatic carbocycles. The van der Waals surface area contributed by atoms with E-state index in [0.29, 0.717) is 6.04 Å². The quantitative estimate of drug-likeness (QED) is 0.734. The van der Waals surface area contributed by atoms with Crippen molar-refractivity contribution in [3.63, 3.8) is 0 Å². The zero-order valence-electron chi connectivity index (χ0n) is 9.96. The van der Waals surface area contributed by atoms with E-state index in [0.717, 1.165) is 19.6 Å². The number of ether oxygens (including phenoxy) is 1. The maximum absolute atomic E-state index is 5.02. The minimum absolute atomic E-state index is 0.457. The summed E-state index contributed by atoms with van der Waals surface area (Å²) in [4.78, 5) is 1.39. The molecule has 1 aromatic heterocycles. The number of rotatable bonds is 8. The molecule has 0 amide bonds. The van der Waals surface area contributed by atoms with E-state index in [9.17, 15) is 0 Å². The Hall–Kier alpha value is 0.1000. The van der Waals surface area contributed by atoms with Crippen LogP contribution in [0.2, 0.25) is 0 Å². The van der Waals surface area contributed by atoms with Crippen molar-refractivity contribution in [2.24, 2.45) is 0 Å². The lowest BCUT2D eigenvalue weighted by Gasteiger charge is -2.11. The molecule has 0 fully saturated rings. The predicted octanol–water partition coefficient (Wildman–Crippen LogP) is 3.98. The molecule has 1 atom stereocenters. The van der Waals surface area contributed by atoms with Crippen molar-refractivity contribution in [2.75, 3.05) is 20.3 Å². The number of thiophene rings is 1. The highest BCUT2D eigenvalue weighted by atomic mass is 79.9. The van der Waals surface area contributed by atoms with Crippen molar-refractivity contribution in [1.82, 2.24) is 5.32 Å². The predicted molar refractivity (Wildman–Crippen MR) is 74.2 cm³/mol. The standard InChI is InChI=1S/C12H20BrNOS/c1-10(12-8-11(13)9-16-12)14-6-4-3-5-7-15-2/h8-10,14H,3-7H2,1-2H3. The SMILES string of the molecule is COCCCCCNC(C)c1cc(Br)cs1. The monoisotopic (exact) mass is 305 g/mol. The molecule has 1 N–H and O–H groups in total. The third-order valence-electron chi connectivity index (χ3n) is 2.49. The Morgan fingerprint density at radius 2 is 2.25 bits per heavy atom. The van der Waals surface area contributed by atoms with Gasteiger partial charge in [-0.2, -0.15) is 0 Å². The Balaban J connectivity index is 2.09. The molecule has 92 valence electrons. The van der Waals surface area contributed by atoms with Gasteiger partial charge in [0, 0.05) is 34.5 Å². The van der Waals surface area contributed by atoms with E-state index in [1.807, 2.05) is 0 Å². The van der Waals surface area contributed by atoms with Gasteiger partial charge >= 0.3 is 0 Å². The summed E-state index contributed by atoms with van der Waals surface area (Å²) >= 11 is 5.28. The minimum Gasteiger partial charge on any atom is -0.385 e. The van der Waals surface area contributed by atoms with Crippen molar-refractivity contribution in [3.8, 4) is 0 Å². The summed E-state index contributed by atoms with van der Waals surface area (Å²) < 4.78 is 6.20. The van der Waals surface area contributed by atoms with Gasteiger partial charge in [0.25, 0.3) is 0 Å². The van der Waals surface area contributed by atoms with E-state index < -0.39 is 0 Å². The number of halogens is 1. The first-order valence-electron chi connectivity index (χ1n) is 5.70. The van der Waals surface area contributed by atoms with Gasteiger partial charge in [-0.3, -0.25) is 0 Å². The summed E-state index contributed by atoms with van der Waals surface area (Å²) in [5.74, 6) is 0. The van der Waals surface area contributed by atoms with Crippen LogP contribution in [0.5, 0.6) is 0 Å². The fourth-order valence-corrected chi connectivity index (χ4v) is 3.00. The van der Waals surface area contributed by atoms with Gasteiger partial charge in [-0.15, -0.1) is 11.3 Å². The Kier molecular flexibility index (Phi) is 7.28. The van der Waals surface area contributed by atoms with Crippen LogP contribution in [0.15, 0.2) is 15.9 Å². The van der Waals surface area contributed by atoms with Crippen LogP contribution in [0.4, 0.5) is 0 Å². The van der Waals surface area contributed by atoms with E-state index in [1.165, 1.54) is 22.2 Å². The van der Waals surface area contributed by atoms with Crippen molar-refractivity contribution >= 4 is 27.3 Å². The summed E-state index contributed by atoms with van der Waals surface area (Å²) in [6.07, 6.45) is 3.62. The first kappa shape index (κ1) is 14.2. The molecule has 1 unspecified atom stereocenters. The van der Waals surface area contributed by atoms with Gasteiger partial charge in [0.05, 0.1) is 0 Å². The summed E-state index contributed by atoms with van der Waals surface area (Å²) in [6.45, 7) is 4.18. The van der Waals surface area contributed by atoms with E-state index in [1.54, 1.807) is 18.4 Å².